The molecule has 0 aliphatic heterocycles. The lowest BCUT2D eigenvalue weighted by molar-refractivity contribution is 0.570. The van der Waals surface area contributed by atoms with Gasteiger partial charge in [0.05, 0.1) is 0 Å². The molecule has 0 aromatic heterocycles. The molecule has 1 aromatic carbocycles. The third kappa shape index (κ3) is 12.0. The average Bonchev–Trinajstić information content (AvgIpc) is 2.72. The topological polar surface area (TPSA) is 0 Å². The van der Waals surface area contributed by atoms with Crippen molar-refractivity contribution in [2.24, 2.45) is 0 Å². The van der Waals surface area contributed by atoms with Crippen molar-refractivity contribution >= 4 is 17.6 Å². The summed E-state index contributed by atoms with van der Waals surface area (Å²) >= 11 is 5.31. The molecule has 0 aliphatic rings. The van der Waals surface area contributed by atoms with Gasteiger partial charge in [0.1, 0.15) is 0 Å². The quantitative estimate of drug-likeness (QED) is 0.164. The molecule has 1 heteroatoms. The Balaban J connectivity index is 2.30. The van der Waals surface area contributed by atoms with E-state index in [0.717, 1.165) is 0 Å². The zero-order chi connectivity index (χ0) is 20.3. The van der Waals surface area contributed by atoms with Crippen molar-refractivity contribution in [2.45, 2.75) is 129 Å². The summed E-state index contributed by atoms with van der Waals surface area (Å²) in [4.78, 5) is 0. The largest absolute Gasteiger partial charge is 0.0881 e. The minimum Gasteiger partial charge on any atom is -0.0881 e. The SMILES string of the molecule is CCCCCCCCCCc1cccc(C=S)c1CCCCCCCCCC. The lowest BCUT2D eigenvalue weighted by atomic mass is 9.93. The van der Waals surface area contributed by atoms with Crippen molar-refractivity contribution in [3.8, 4) is 0 Å². The Kier molecular flexibility index (Phi) is 16.6. The predicted molar refractivity (Wildman–Crippen MR) is 132 cm³/mol. The second-order valence-electron chi connectivity index (χ2n) is 8.55. The van der Waals surface area contributed by atoms with Crippen molar-refractivity contribution in [3.05, 3.63) is 34.9 Å². The summed E-state index contributed by atoms with van der Waals surface area (Å²) < 4.78 is 0. The van der Waals surface area contributed by atoms with Gasteiger partial charge in [-0.3, -0.25) is 0 Å². The first-order chi connectivity index (χ1) is 13.8. The minimum atomic E-state index is 1.21. The fourth-order valence-corrected chi connectivity index (χ4v) is 4.41. The number of unbranched alkanes of at least 4 members (excludes halogenated alkanes) is 14. The highest BCUT2D eigenvalue weighted by molar-refractivity contribution is 7.79. The molecule has 1 rings (SSSR count). The van der Waals surface area contributed by atoms with E-state index in [9.17, 15) is 0 Å². The molecule has 0 amide bonds. The Morgan fingerprint density at radius 3 is 1.57 bits per heavy atom. The molecule has 0 aliphatic carbocycles. The van der Waals surface area contributed by atoms with Crippen LogP contribution in [0.2, 0.25) is 0 Å². The van der Waals surface area contributed by atoms with Crippen LogP contribution >= 0.6 is 12.2 Å². The van der Waals surface area contributed by atoms with Gasteiger partial charge in [-0.15, -0.1) is 0 Å². The van der Waals surface area contributed by atoms with Crippen LogP contribution in [0.25, 0.3) is 0 Å². The number of aryl methyl sites for hydroxylation is 1. The first-order valence-electron chi connectivity index (χ1n) is 12.4. The standard InChI is InChI=1S/C27H46S/c1-3-5-7-9-11-13-15-17-20-25-21-19-22-26(24-28)27(25)23-18-16-14-12-10-8-6-4-2/h19,21-22,24H,3-18,20,23H2,1-2H3. The van der Waals surface area contributed by atoms with Crippen LogP contribution in [0, 0.1) is 0 Å². The van der Waals surface area contributed by atoms with Gasteiger partial charge in [0, 0.05) is 5.37 Å². The highest BCUT2D eigenvalue weighted by Crippen LogP contribution is 2.21. The molecule has 0 atom stereocenters. The molecule has 0 saturated heterocycles. The fraction of sp³-hybridized carbons (Fsp3) is 0.741. The summed E-state index contributed by atoms with van der Waals surface area (Å²) in [5, 5.41) is 1.90. The van der Waals surface area contributed by atoms with Crippen LogP contribution in [-0.4, -0.2) is 5.37 Å². The highest BCUT2D eigenvalue weighted by Gasteiger charge is 2.07. The molecule has 0 fully saturated rings. The highest BCUT2D eigenvalue weighted by atomic mass is 32.1. The second-order valence-corrected chi connectivity index (χ2v) is 8.79. The normalized spacial score (nSPS) is 11.1. The van der Waals surface area contributed by atoms with Gasteiger partial charge in [-0.1, -0.05) is 134 Å². The van der Waals surface area contributed by atoms with Gasteiger partial charge in [0.25, 0.3) is 0 Å². The van der Waals surface area contributed by atoms with Gasteiger partial charge in [0.2, 0.25) is 0 Å². The molecule has 160 valence electrons. The second kappa shape index (κ2) is 18.3. The first-order valence-corrected chi connectivity index (χ1v) is 12.9. The van der Waals surface area contributed by atoms with E-state index in [1.807, 2.05) is 5.37 Å². The molecule has 28 heavy (non-hydrogen) atoms. The first kappa shape index (κ1) is 25.3. The summed E-state index contributed by atoms with van der Waals surface area (Å²) in [6.07, 6.45) is 24.7. The number of hydrogen-bond donors (Lipinski definition) is 0. The molecule has 0 nitrogen and oxygen atoms in total. The Bertz CT molecular complexity index is 491. The van der Waals surface area contributed by atoms with E-state index in [1.165, 1.54) is 121 Å². The van der Waals surface area contributed by atoms with Crippen LogP contribution in [0.5, 0.6) is 0 Å². The zero-order valence-corrected chi connectivity index (χ0v) is 19.8. The van der Waals surface area contributed by atoms with Crippen LogP contribution in [0.1, 0.15) is 133 Å². The maximum Gasteiger partial charge on any atom is 0.00889 e. The third-order valence-electron chi connectivity index (χ3n) is 6.02. The Hall–Kier alpha value is -0.690. The molecule has 0 heterocycles. The third-order valence-corrected chi connectivity index (χ3v) is 6.27. The van der Waals surface area contributed by atoms with Crippen molar-refractivity contribution < 1.29 is 0 Å². The van der Waals surface area contributed by atoms with Crippen LogP contribution < -0.4 is 0 Å². The molecule has 0 spiro atoms. The van der Waals surface area contributed by atoms with Gasteiger partial charge in [0.15, 0.2) is 0 Å². The summed E-state index contributed by atoms with van der Waals surface area (Å²) in [7, 11) is 0. The summed E-state index contributed by atoms with van der Waals surface area (Å²) in [6.45, 7) is 4.58. The number of thiocarbonyl (C=S) groups is 1. The smallest absolute Gasteiger partial charge is 0.00889 e. The molecular formula is C27H46S. The maximum atomic E-state index is 5.31. The van der Waals surface area contributed by atoms with E-state index >= 15 is 0 Å². The van der Waals surface area contributed by atoms with Gasteiger partial charge in [-0.05, 0) is 42.4 Å². The van der Waals surface area contributed by atoms with Crippen LogP contribution in [0.4, 0.5) is 0 Å². The number of hydrogen-bond acceptors (Lipinski definition) is 1. The lowest BCUT2D eigenvalue weighted by Crippen LogP contribution is -2.00. The molecule has 1 aromatic rings. The monoisotopic (exact) mass is 402 g/mol. The van der Waals surface area contributed by atoms with E-state index in [-0.39, 0.29) is 0 Å². The maximum absolute atomic E-state index is 5.31. The van der Waals surface area contributed by atoms with E-state index in [1.54, 1.807) is 11.1 Å². The van der Waals surface area contributed by atoms with Gasteiger partial charge in [-0.2, -0.15) is 0 Å². The molecular weight excluding hydrogens is 356 g/mol. The van der Waals surface area contributed by atoms with E-state index in [0.29, 0.717) is 0 Å². The van der Waals surface area contributed by atoms with Crippen molar-refractivity contribution in [1.82, 2.24) is 0 Å². The van der Waals surface area contributed by atoms with Crippen LogP contribution in [0.15, 0.2) is 18.2 Å². The van der Waals surface area contributed by atoms with Crippen LogP contribution in [-0.2, 0) is 12.8 Å². The Morgan fingerprint density at radius 2 is 1.07 bits per heavy atom. The van der Waals surface area contributed by atoms with Crippen LogP contribution in [0.3, 0.4) is 0 Å². The summed E-state index contributed by atoms with van der Waals surface area (Å²) in [5.41, 5.74) is 4.41. The molecule has 0 saturated carbocycles. The molecule has 0 radical (unpaired) electrons. The summed E-state index contributed by atoms with van der Waals surface area (Å²) in [6, 6.07) is 6.77. The van der Waals surface area contributed by atoms with E-state index in [4.69, 9.17) is 12.2 Å². The Morgan fingerprint density at radius 1 is 0.607 bits per heavy atom. The molecule has 0 bridgehead atoms. The molecule has 0 N–H and O–H groups in total. The van der Waals surface area contributed by atoms with Crippen molar-refractivity contribution in [1.29, 1.82) is 0 Å². The minimum absolute atomic E-state index is 1.21. The molecule has 0 unspecified atom stereocenters. The van der Waals surface area contributed by atoms with Crippen molar-refractivity contribution in [3.63, 3.8) is 0 Å². The number of benzene rings is 1. The predicted octanol–water partition coefficient (Wildman–Crippen LogP) is 9.40. The van der Waals surface area contributed by atoms with Gasteiger partial charge >= 0.3 is 0 Å². The van der Waals surface area contributed by atoms with E-state index < -0.39 is 0 Å². The van der Waals surface area contributed by atoms with Crippen molar-refractivity contribution in [2.75, 3.05) is 0 Å². The zero-order valence-electron chi connectivity index (χ0n) is 18.9. The number of rotatable bonds is 19. The lowest BCUT2D eigenvalue weighted by Gasteiger charge is -2.13. The average molecular weight is 403 g/mol. The summed E-state index contributed by atoms with van der Waals surface area (Å²) in [5.74, 6) is 0. The Labute approximate surface area is 181 Å². The van der Waals surface area contributed by atoms with Gasteiger partial charge in [-0.25, -0.2) is 0 Å². The fourth-order valence-electron chi connectivity index (χ4n) is 4.19. The van der Waals surface area contributed by atoms with Gasteiger partial charge < -0.3 is 0 Å². The van der Waals surface area contributed by atoms with E-state index in [2.05, 4.69) is 32.0 Å².